The lowest BCUT2D eigenvalue weighted by molar-refractivity contribution is -0.162. The van der Waals surface area contributed by atoms with Crippen LogP contribution in [0.3, 0.4) is 0 Å². The highest BCUT2D eigenvalue weighted by molar-refractivity contribution is 5.97. The van der Waals surface area contributed by atoms with E-state index < -0.39 is 5.41 Å². The minimum Gasteiger partial charge on any atom is -0.504 e. The summed E-state index contributed by atoms with van der Waals surface area (Å²) in [7, 11) is 3.00. The molecule has 1 spiro atoms. The number of nitrogens with zero attached hydrogens (tertiary/aromatic N) is 2. The predicted octanol–water partition coefficient (Wildman–Crippen LogP) is 6.51. The number of esters is 2. The van der Waals surface area contributed by atoms with Crippen molar-refractivity contribution in [1.82, 2.24) is 14.8 Å². The number of para-hydroxylation sites is 1. The Morgan fingerprint density at radius 3 is 2.69 bits per heavy atom. The van der Waals surface area contributed by atoms with Crippen molar-refractivity contribution in [3.8, 4) is 17.2 Å². The Hall–Kier alpha value is -4.02. The number of carbonyl (C=O) groups excluding carboxylic acids is 2. The van der Waals surface area contributed by atoms with Gasteiger partial charge in [-0.05, 0) is 111 Å². The van der Waals surface area contributed by atoms with Gasteiger partial charge in [-0.15, -0.1) is 0 Å². The number of phenolic OH excluding ortho intramolecular Hbond substituents is 1. The average molecular weight is 707 g/mol. The molecule has 8 atom stereocenters. The van der Waals surface area contributed by atoms with E-state index in [1.54, 1.807) is 6.07 Å². The van der Waals surface area contributed by atoms with Gasteiger partial charge in [0.2, 0.25) is 0 Å². The second-order valence-electron chi connectivity index (χ2n) is 16.8. The van der Waals surface area contributed by atoms with Crippen molar-refractivity contribution < 1.29 is 28.9 Å². The molecule has 1 aromatic heterocycles. The summed E-state index contributed by atoms with van der Waals surface area (Å²) < 4.78 is 18.0. The number of ether oxygens (including phenoxy) is 3. The van der Waals surface area contributed by atoms with E-state index in [-0.39, 0.29) is 40.6 Å². The van der Waals surface area contributed by atoms with Gasteiger partial charge in [-0.2, -0.15) is 0 Å². The highest BCUT2D eigenvalue weighted by Gasteiger charge is 2.67. The second-order valence-corrected chi connectivity index (χ2v) is 16.8. The molecule has 8 aliphatic rings. The minimum absolute atomic E-state index is 0.0195. The number of rotatable bonds is 6. The third-order valence-electron chi connectivity index (χ3n) is 15.0. The van der Waals surface area contributed by atoms with Crippen molar-refractivity contribution in [2.75, 3.05) is 45.7 Å². The maximum atomic E-state index is 14.1. The van der Waals surface area contributed by atoms with Crippen LogP contribution >= 0.6 is 0 Å². The molecule has 4 saturated heterocycles. The molecule has 2 aromatic carbocycles. The number of benzene rings is 2. The molecule has 4 bridgehead atoms. The van der Waals surface area contributed by atoms with Gasteiger partial charge in [0.25, 0.3) is 0 Å². The highest BCUT2D eigenvalue weighted by Crippen LogP contribution is 2.66. The number of aromatic amines is 1. The summed E-state index contributed by atoms with van der Waals surface area (Å²) in [5, 5.41) is 16.3. The van der Waals surface area contributed by atoms with Crippen molar-refractivity contribution in [2.45, 2.75) is 94.5 Å². The van der Waals surface area contributed by atoms with Crippen molar-refractivity contribution >= 4 is 28.5 Å². The fourth-order valence-electron chi connectivity index (χ4n) is 13.2. The Bertz CT molecular complexity index is 2070. The normalized spacial score (nSPS) is 35.3. The van der Waals surface area contributed by atoms with Gasteiger partial charge in [-0.3, -0.25) is 14.6 Å². The summed E-state index contributed by atoms with van der Waals surface area (Å²) in [6.07, 6.45) is 8.53. The largest absolute Gasteiger partial charge is 0.504 e. The first-order chi connectivity index (χ1) is 25.2. The van der Waals surface area contributed by atoms with Crippen molar-refractivity contribution in [1.29, 1.82) is 0 Å². The number of H-pyrrole nitrogens is 1. The number of hydrogen-bond acceptors (Lipinski definition) is 9. The molecule has 0 amide bonds. The third kappa shape index (κ3) is 3.92. The predicted molar refractivity (Wildman–Crippen MR) is 197 cm³/mol. The number of aromatic nitrogens is 1. The molecule has 7 heterocycles. The van der Waals surface area contributed by atoms with E-state index in [1.165, 1.54) is 14.2 Å². The molecule has 3 N–H and O–H groups in total. The summed E-state index contributed by atoms with van der Waals surface area (Å²) in [4.78, 5) is 36.7. The molecular weight excluding hydrogens is 656 g/mol. The van der Waals surface area contributed by atoms with Crippen LogP contribution in [0.1, 0.15) is 82.0 Å². The van der Waals surface area contributed by atoms with Crippen LogP contribution in [0.4, 0.5) is 5.69 Å². The van der Waals surface area contributed by atoms with E-state index in [4.69, 9.17) is 14.2 Å². The number of anilines is 1. The first kappa shape index (κ1) is 32.6. The van der Waals surface area contributed by atoms with Gasteiger partial charge >= 0.3 is 11.9 Å². The zero-order valence-electron chi connectivity index (χ0n) is 30.8. The fraction of sp³-hybridized carbons (Fsp3) is 0.571. The number of hydrogen-bond donors (Lipinski definition) is 3. The van der Waals surface area contributed by atoms with Gasteiger partial charge in [0.05, 0.1) is 36.4 Å². The zero-order chi connectivity index (χ0) is 35.7. The second kappa shape index (κ2) is 11.2. The fourth-order valence-corrected chi connectivity index (χ4v) is 13.2. The summed E-state index contributed by atoms with van der Waals surface area (Å²) in [5.41, 5.74) is 5.23. The van der Waals surface area contributed by atoms with Crippen LogP contribution < -0.4 is 10.1 Å². The van der Waals surface area contributed by atoms with Crippen LogP contribution in [0.25, 0.3) is 10.9 Å². The lowest BCUT2D eigenvalue weighted by Gasteiger charge is -2.57. The summed E-state index contributed by atoms with van der Waals surface area (Å²) in [5.74, 6) is 1.35. The van der Waals surface area contributed by atoms with Gasteiger partial charge in [0.15, 0.2) is 17.2 Å². The van der Waals surface area contributed by atoms with E-state index in [9.17, 15) is 14.7 Å². The molecule has 274 valence electrons. The number of nitrogens with one attached hydrogen (secondary N) is 2. The molecule has 11 rings (SSSR count). The van der Waals surface area contributed by atoms with Gasteiger partial charge in [-0.1, -0.05) is 32.4 Å². The molecule has 10 heteroatoms. The Balaban J connectivity index is 1.13. The smallest absolute Gasteiger partial charge is 0.335 e. The Morgan fingerprint density at radius 1 is 1.04 bits per heavy atom. The topological polar surface area (TPSA) is 116 Å². The summed E-state index contributed by atoms with van der Waals surface area (Å²) in [6.45, 7) is 8.47. The molecule has 1 unspecified atom stereocenters. The first-order valence-corrected chi connectivity index (χ1v) is 19.6. The molecule has 5 fully saturated rings. The van der Waals surface area contributed by atoms with E-state index >= 15 is 0 Å². The van der Waals surface area contributed by atoms with Crippen LogP contribution in [0.15, 0.2) is 41.6 Å². The van der Waals surface area contributed by atoms with Gasteiger partial charge in [0.1, 0.15) is 5.41 Å². The van der Waals surface area contributed by atoms with Gasteiger partial charge in [0, 0.05) is 42.0 Å². The minimum atomic E-state index is -0.810. The van der Waals surface area contributed by atoms with Crippen LogP contribution in [0, 0.1) is 17.3 Å². The molecule has 1 saturated carbocycles. The molecule has 10 nitrogen and oxygen atoms in total. The SMILES string of the molecule is CC[C@H]1C[C@H]2CN3CCc4c([nH]c5c(Oc6cccc7c6NC6=C(C(=O)OC)C[C@]8(CC)CCCN9CC[C@@]67[C@@H]98)c(O)ccc45)[C@](C(=O)OC)(C2)[C@H]13. The summed E-state index contributed by atoms with van der Waals surface area (Å²) in [6, 6.07) is 10.2. The molecular formula is C42H50N4O6. The maximum Gasteiger partial charge on any atom is 0.335 e. The van der Waals surface area contributed by atoms with Crippen molar-refractivity contribution in [3.63, 3.8) is 0 Å². The molecule has 2 aliphatic carbocycles. The quantitative estimate of drug-likeness (QED) is 0.247. The Kier molecular flexibility index (Phi) is 7.05. The number of fused-ring (bicyclic) bond motifs is 5. The third-order valence-corrected chi connectivity index (χ3v) is 15.0. The van der Waals surface area contributed by atoms with E-state index in [0.29, 0.717) is 35.3 Å². The first-order valence-electron chi connectivity index (χ1n) is 19.6. The number of methoxy groups -OCH3 is 2. The molecule has 0 radical (unpaired) electrons. The lowest BCUT2D eigenvalue weighted by Crippen LogP contribution is -2.67. The van der Waals surface area contributed by atoms with E-state index in [2.05, 4.69) is 40.0 Å². The number of piperidine rings is 3. The number of carbonyl (C=O) groups is 2. The van der Waals surface area contributed by atoms with Crippen LogP contribution in [-0.2, 0) is 36.3 Å². The van der Waals surface area contributed by atoms with Gasteiger partial charge in [-0.25, -0.2) is 4.79 Å². The van der Waals surface area contributed by atoms with Gasteiger partial charge < -0.3 is 29.6 Å². The Labute approximate surface area is 304 Å². The monoisotopic (exact) mass is 706 g/mol. The average Bonchev–Trinajstić information content (AvgIpc) is 3.85. The maximum absolute atomic E-state index is 14.1. The number of phenols is 1. The molecule has 52 heavy (non-hydrogen) atoms. The lowest BCUT2D eigenvalue weighted by atomic mass is 9.53. The van der Waals surface area contributed by atoms with Crippen molar-refractivity contribution in [2.24, 2.45) is 17.3 Å². The summed E-state index contributed by atoms with van der Waals surface area (Å²) >= 11 is 0. The van der Waals surface area contributed by atoms with Crippen LogP contribution in [0.5, 0.6) is 17.2 Å². The highest BCUT2D eigenvalue weighted by atomic mass is 16.5. The number of aromatic hydroxyl groups is 1. The molecule has 3 aromatic rings. The zero-order valence-corrected chi connectivity index (χ0v) is 30.8. The van der Waals surface area contributed by atoms with Crippen molar-refractivity contribution in [3.05, 3.63) is 58.4 Å². The van der Waals surface area contributed by atoms with E-state index in [0.717, 1.165) is 117 Å². The van der Waals surface area contributed by atoms with Crippen LogP contribution in [-0.4, -0.2) is 84.3 Å². The Morgan fingerprint density at radius 2 is 1.90 bits per heavy atom. The van der Waals surface area contributed by atoms with Crippen LogP contribution in [0.2, 0.25) is 0 Å². The van der Waals surface area contributed by atoms with E-state index in [1.807, 2.05) is 18.2 Å². The molecule has 6 aliphatic heterocycles. The standard InChI is InChI=1S/C42H50N4O6/c1-5-24-19-23-20-42(39(49)51-4)34-26(13-17-46(22-23)36(24)42)25-11-12-29(47)33(31(25)43-34)52-30-10-7-9-28-32(30)44-35-27(37(48)50-3)21-40(6-2)14-8-16-45-18-15-41(28,35)38(40)45/h7,9-12,23-24,36,38,43-44,47H,5-6,8,13-22H2,1-4H3/t23-,24+,36+,38+,40+,41+,42-/m1/s1.